The summed E-state index contributed by atoms with van der Waals surface area (Å²) < 4.78 is 1.87. The van der Waals surface area contributed by atoms with Gasteiger partial charge in [0.05, 0.1) is 21.4 Å². The molecule has 0 aliphatic carbocycles. The second kappa shape index (κ2) is 11.1. The Hall–Kier alpha value is -3.40. The number of hydrogen-bond donors (Lipinski definition) is 1. The highest BCUT2D eigenvalue weighted by atomic mass is 35.5. The van der Waals surface area contributed by atoms with E-state index < -0.39 is 10.8 Å². The number of amides is 1. The van der Waals surface area contributed by atoms with Crippen molar-refractivity contribution in [2.45, 2.75) is 24.9 Å². The number of nitrogens with zero attached hydrogens (tertiary/aromatic N) is 4. The molecule has 0 bridgehead atoms. The van der Waals surface area contributed by atoms with Crippen molar-refractivity contribution in [3.63, 3.8) is 0 Å². The second-order valence-corrected chi connectivity index (χ2v) is 9.88. The minimum atomic E-state index is -0.537. The van der Waals surface area contributed by atoms with Gasteiger partial charge in [-0.2, -0.15) is 0 Å². The van der Waals surface area contributed by atoms with Gasteiger partial charge in [-0.15, -0.1) is 10.2 Å². The fourth-order valence-corrected chi connectivity index (χ4v) is 4.90. The normalized spacial score (nSPS) is 11.0. The molecular weight excluding hydrogens is 521 g/mol. The number of halogens is 2. The molecule has 0 fully saturated rings. The van der Waals surface area contributed by atoms with Crippen LogP contribution in [-0.2, 0) is 4.79 Å². The zero-order valence-corrected chi connectivity index (χ0v) is 21.6. The Kier molecular flexibility index (Phi) is 7.93. The fourth-order valence-electron chi connectivity index (χ4n) is 3.66. The van der Waals surface area contributed by atoms with Crippen molar-refractivity contribution in [3.8, 4) is 17.1 Å². The van der Waals surface area contributed by atoms with Gasteiger partial charge >= 0.3 is 0 Å². The number of nitrogens with one attached hydrogen (secondary N) is 1. The van der Waals surface area contributed by atoms with E-state index in [1.807, 2.05) is 28.8 Å². The summed E-state index contributed by atoms with van der Waals surface area (Å²) in [6.07, 6.45) is 0. The van der Waals surface area contributed by atoms with E-state index in [0.29, 0.717) is 26.6 Å². The van der Waals surface area contributed by atoms with Gasteiger partial charge in [-0.05, 0) is 41.8 Å². The molecule has 1 N–H and O–H groups in total. The van der Waals surface area contributed by atoms with Crippen LogP contribution < -0.4 is 5.32 Å². The predicted octanol–water partition coefficient (Wildman–Crippen LogP) is 7.00. The van der Waals surface area contributed by atoms with E-state index in [4.69, 9.17) is 23.2 Å². The first-order valence-corrected chi connectivity index (χ1v) is 12.7. The first kappa shape index (κ1) is 25.7. The largest absolute Gasteiger partial charge is 0.320 e. The van der Waals surface area contributed by atoms with E-state index >= 15 is 0 Å². The van der Waals surface area contributed by atoms with Crippen LogP contribution in [0.25, 0.3) is 17.1 Å². The Labute approximate surface area is 221 Å². The van der Waals surface area contributed by atoms with Crippen molar-refractivity contribution in [1.29, 1.82) is 0 Å². The summed E-state index contributed by atoms with van der Waals surface area (Å²) in [6.45, 7) is 4.18. The van der Waals surface area contributed by atoms with Crippen molar-refractivity contribution in [2.75, 3.05) is 11.1 Å². The summed E-state index contributed by atoms with van der Waals surface area (Å²) in [4.78, 5) is 23.4. The smallest absolute Gasteiger partial charge is 0.292 e. The molecule has 0 radical (unpaired) electrons. The van der Waals surface area contributed by atoms with E-state index in [-0.39, 0.29) is 23.0 Å². The van der Waals surface area contributed by atoms with Gasteiger partial charge in [0.15, 0.2) is 11.0 Å². The number of aromatic nitrogens is 3. The van der Waals surface area contributed by atoms with Crippen molar-refractivity contribution in [1.82, 2.24) is 14.8 Å². The fraction of sp³-hybridized carbons (Fsp3) is 0.160. The van der Waals surface area contributed by atoms with Gasteiger partial charge in [0, 0.05) is 16.7 Å². The van der Waals surface area contributed by atoms with Crippen LogP contribution in [0.3, 0.4) is 0 Å². The summed E-state index contributed by atoms with van der Waals surface area (Å²) in [5.74, 6) is 0.262. The standard InChI is InChI=1S/C25H21Cl2N5O3S/c1-15(2)17-7-3-5-9-21(17)31-24(18-12-11-16(26)13-19(18)27)29-30-25(31)36-14-23(33)28-20-8-4-6-10-22(20)32(34)35/h3-13,15H,14H2,1-2H3,(H,28,33). The number of anilines is 1. The lowest BCUT2D eigenvalue weighted by Crippen LogP contribution is -2.15. The molecule has 8 nitrogen and oxygen atoms in total. The molecule has 0 saturated carbocycles. The third kappa shape index (κ3) is 5.53. The first-order valence-electron chi connectivity index (χ1n) is 10.9. The number of rotatable bonds is 8. The lowest BCUT2D eigenvalue weighted by atomic mass is 10.0. The van der Waals surface area contributed by atoms with E-state index in [9.17, 15) is 14.9 Å². The molecule has 0 unspecified atom stereocenters. The molecule has 1 aromatic heterocycles. The molecule has 184 valence electrons. The molecule has 0 atom stereocenters. The first-order chi connectivity index (χ1) is 17.3. The number of carbonyl (C=O) groups is 1. The molecule has 4 aromatic rings. The summed E-state index contributed by atoms with van der Waals surface area (Å²) >= 11 is 13.8. The van der Waals surface area contributed by atoms with Crippen molar-refractivity contribution in [2.24, 2.45) is 0 Å². The minimum Gasteiger partial charge on any atom is -0.320 e. The Balaban J connectivity index is 1.70. The third-order valence-electron chi connectivity index (χ3n) is 5.31. The molecule has 0 aliphatic rings. The van der Waals surface area contributed by atoms with Crippen molar-refractivity contribution in [3.05, 3.63) is 92.5 Å². The zero-order valence-electron chi connectivity index (χ0n) is 19.3. The van der Waals surface area contributed by atoms with Gasteiger partial charge in [-0.1, -0.05) is 79.1 Å². The molecule has 1 heterocycles. The Morgan fingerprint density at radius 3 is 2.53 bits per heavy atom. The number of thioether (sulfide) groups is 1. The highest BCUT2D eigenvalue weighted by Gasteiger charge is 2.22. The number of nitro groups is 1. The Morgan fingerprint density at radius 2 is 1.81 bits per heavy atom. The minimum absolute atomic E-state index is 0.0393. The van der Waals surface area contributed by atoms with Crippen LogP contribution in [0.15, 0.2) is 71.9 Å². The van der Waals surface area contributed by atoms with E-state index in [1.54, 1.807) is 30.3 Å². The number of para-hydroxylation sites is 3. The highest BCUT2D eigenvalue weighted by Crippen LogP contribution is 2.36. The van der Waals surface area contributed by atoms with Gasteiger partial charge in [-0.3, -0.25) is 19.5 Å². The molecule has 0 saturated heterocycles. The molecule has 0 aliphatic heterocycles. The van der Waals surface area contributed by atoms with Crippen molar-refractivity contribution >= 4 is 52.2 Å². The van der Waals surface area contributed by atoms with Crippen LogP contribution in [0, 0.1) is 10.1 Å². The van der Waals surface area contributed by atoms with Gasteiger partial charge < -0.3 is 5.32 Å². The zero-order chi connectivity index (χ0) is 25.8. The van der Waals surface area contributed by atoms with Crippen LogP contribution in [0.5, 0.6) is 0 Å². The molecule has 0 spiro atoms. The van der Waals surface area contributed by atoms with Gasteiger partial charge in [0.2, 0.25) is 5.91 Å². The van der Waals surface area contributed by atoms with Crippen LogP contribution in [0.4, 0.5) is 11.4 Å². The van der Waals surface area contributed by atoms with Crippen LogP contribution >= 0.6 is 35.0 Å². The van der Waals surface area contributed by atoms with E-state index in [2.05, 4.69) is 29.4 Å². The van der Waals surface area contributed by atoms with Gasteiger partial charge in [-0.25, -0.2) is 0 Å². The summed E-state index contributed by atoms with van der Waals surface area (Å²) in [6, 6.07) is 19.0. The quantitative estimate of drug-likeness (QED) is 0.146. The molecule has 3 aromatic carbocycles. The number of carbonyl (C=O) groups excluding carboxylic acids is 1. The number of hydrogen-bond acceptors (Lipinski definition) is 6. The number of benzene rings is 3. The SMILES string of the molecule is CC(C)c1ccccc1-n1c(SCC(=O)Nc2ccccc2[N+](=O)[O-])nnc1-c1ccc(Cl)cc1Cl. The molecule has 11 heteroatoms. The maximum Gasteiger partial charge on any atom is 0.292 e. The predicted molar refractivity (Wildman–Crippen MR) is 143 cm³/mol. The second-order valence-electron chi connectivity index (χ2n) is 8.09. The van der Waals surface area contributed by atoms with Gasteiger partial charge in [0.1, 0.15) is 5.69 Å². The average Bonchev–Trinajstić information content (AvgIpc) is 3.26. The highest BCUT2D eigenvalue weighted by molar-refractivity contribution is 7.99. The Bertz CT molecular complexity index is 1440. The van der Waals surface area contributed by atoms with E-state index in [0.717, 1.165) is 11.3 Å². The third-order valence-corrected chi connectivity index (χ3v) is 6.79. The lowest BCUT2D eigenvalue weighted by molar-refractivity contribution is -0.383. The maximum absolute atomic E-state index is 12.7. The van der Waals surface area contributed by atoms with E-state index in [1.165, 1.54) is 23.9 Å². The van der Waals surface area contributed by atoms with Crippen molar-refractivity contribution < 1.29 is 9.72 Å². The molecule has 36 heavy (non-hydrogen) atoms. The molecule has 1 amide bonds. The van der Waals surface area contributed by atoms with Gasteiger partial charge in [0.25, 0.3) is 5.69 Å². The van der Waals surface area contributed by atoms with Crippen LogP contribution in [0.2, 0.25) is 10.0 Å². The Morgan fingerprint density at radius 1 is 1.08 bits per heavy atom. The number of nitro benzene ring substituents is 1. The summed E-state index contributed by atoms with van der Waals surface area (Å²) in [7, 11) is 0. The summed E-state index contributed by atoms with van der Waals surface area (Å²) in [5, 5.41) is 24.0. The van der Waals surface area contributed by atoms with Crippen LogP contribution in [0.1, 0.15) is 25.3 Å². The summed E-state index contributed by atoms with van der Waals surface area (Å²) in [5.41, 5.74) is 2.52. The topological polar surface area (TPSA) is 103 Å². The average molecular weight is 542 g/mol. The van der Waals surface area contributed by atoms with Crippen LogP contribution in [-0.4, -0.2) is 31.3 Å². The monoisotopic (exact) mass is 541 g/mol. The molecule has 4 rings (SSSR count). The molecular formula is C25H21Cl2N5O3S. The maximum atomic E-state index is 12.7. The lowest BCUT2D eigenvalue weighted by Gasteiger charge is -2.17.